The van der Waals surface area contributed by atoms with Crippen molar-refractivity contribution < 1.29 is 4.74 Å². The summed E-state index contributed by atoms with van der Waals surface area (Å²) >= 11 is 0. The second kappa shape index (κ2) is 5.32. The lowest BCUT2D eigenvalue weighted by Crippen LogP contribution is -2.02. The molecule has 5 heteroatoms. The Morgan fingerprint density at radius 1 is 1.21 bits per heavy atom. The van der Waals surface area contributed by atoms with E-state index in [2.05, 4.69) is 33.3 Å². The van der Waals surface area contributed by atoms with Gasteiger partial charge in [-0.15, -0.1) is 0 Å². The van der Waals surface area contributed by atoms with E-state index in [4.69, 9.17) is 4.74 Å². The van der Waals surface area contributed by atoms with Crippen molar-refractivity contribution in [2.75, 3.05) is 11.9 Å². The average molecular weight is 256 g/mol. The molecule has 0 saturated heterocycles. The third-order valence-corrected chi connectivity index (χ3v) is 3.08. The highest BCUT2D eigenvalue weighted by atomic mass is 16.5. The smallest absolute Gasteiger partial charge is 0.129 e. The maximum absolute atomic E-state index is 5.38. The second-order valence-corrected chi connectivity index (χ2v) is 4.54. The number of nitrogens with zero attached hydrogens (tertiary/aromatic N) is 3. The average Bonchev–Trinajstić information content (AvgIpc) is 2.92. The lowest BCUT2D eigenvalue weighted by atomic mass is 10.1. The monoisotopic (exact) mass is 256 g/mol. The van der Waals surface area contributed by atoms with Gasteiger partial charge < -0.3 is 10.1 Å². The van der Waals surface area contributed by atoms with E-state index in [1.165, 1.54) is 0 Å². The van der Waals surface area contributed by atoms with Gasteiger partial charge in [0.25, 0.3) is 0 Å². The number of anilines is 1. The molecule has 0 spiro atoms. The predicted octanol–water partition coefficient (Wildman–Crippen LogP) is 2.39. The molecule has 0 aromatic carbocycles. The SMILES string of the molecule is CCCNc1cc(-c2cnc3c(c2)COC3)ncn1. The molecule has 3 heterocycles. The van der Waals surface area contributed by atoms with Gasteiger partial charge in [-0.05, 0) is 12.5 Å². The number of rotatable bonds is 4. The Bertz CT molecular complexity index is 585. The number of nitrogens with one attached hydrogen (secondary N) is 1. The van der Waals surface area contributed by atoms with Crippen LogP contribution in [-0.4, -0.2) is 21.5 Å². The van der Waals surface area contributed by atoms with Crippen LogP contribution < -0.4 is 5.32 Å². The van der Waals surface area contributed by atoms with E-state index in [1.54, 1.807) is 6.33 Å². The van der Waals surface area contributed by atoms with E-state index in [0.29, 0.717) is 13.2 Å². The number of ether oxygens (including phenoxy) is 1. The van der Waals surface area contributed by atoms with Crippen LogP contribution in [0.15, 0.2) is 24.7 Å². The summed E-state index contributed by atoms with van der Waals surface area (Å²) in [5.41, 5.74) is 4.07. The van der Waals surface area contributed by atoms with Crippen LogP contribution in [0.5, 0.6) is 0 Å². The molecule has 1 N–H and O–H groups in total. The molecule has 1 aliphatic heterocycles. The van der Waals surface area contributed by atoms with Crippen molar-refractivity contribution in [2.24, 2.45) is 0 Å². The Labute approximate surface area is 112 Å². The summed E-state index contributed by atoms with van der Waals surface area (Å²) in [6, 6.07) is 4.05. The normalized spacial score (nSPS) is 13.3. The van der Waals surface area contributed by atoms with Gasteiger partial charge in [0.05, 0.1) is 24.6 Å². The molecule has 0 amide bonds. The standard InChI is InChI=1S/C14H16N4O/c1-2-3-15-14-5-12(17-9-18-14)10-4-11-7-19-8-13(11)16-6-10/h4-6,9H,2-3,7-8H2,1H3,(H,15,17,18). The summed E-state index contributed by atoms with van der Waals surface area (Å²) in [6.45, 7) is 4.29. The fraction of sp³-hybridized carbons (Fsp3) is 0.357. The summed E-state index contributed by atoms with van der Waals surface area (Å²) in [7, 11) is 0. The molecular weight excluding hydrogens is 240 g/mol. The van der Waals surface area contributed by atoms with E-state index < -0.39 is 0 Å². The lowest BCUT2D eigenvalue weighted by molar-refractivity contribution is 0.133. The molecule has 3 rings (SSSR count). The molecule has 0 radical (unpaired) electrons. The topological polar surface area (TPSA) is 59.9 Å². The minimum absolute atomic E-state index is 0.614. The predicted molar refractivity (Wildman–Crippen MR) is 72.5 cm³/mol. The first kappa shape index (κ1) is 12.0. The molecule has 0 fully saturated rings. The summed E-state index contributed by atoms with van der Waals surface area (Å²) in [4.78, 5) is 12.9. The van der Waals surface area contributed by atoms with Crippen molar-refractivity contribution in [3.8, 4) is 11.3 Å². The van der Waals surface area contributed by atoms with Crippen molar-refractivity contribution in [3.05, 3.63) is 35.9 Å². The van der Waals surface area contributed by atoms with Gasteiger partial charge in [0.2, 0.25) is 0 Å². The number of aromatic nitrogens is 3. The van der Waals surface area contributed by atoms with Crippen LogP contribution in [0.1, 0.15) is 24.6 Å². The molecule has 5 nitrogen and oxygen atoms in total. The Morgan fingerprint density at radius 3 is 3.05 bits per heavy atom. The van der Waals surface area contributed by atoms with Crippen LogP contribution >= 0.6 is 0 Å². The van der Waals surface area contributed by atoms with Crippen LogP contribution in [0.25, 0.3) is 11.3 Å². The van der Waals surface area contributed by atoms with Gasteiger partial charge >= 0.3 is 0 Å². The molecule has 2 aromatic heterocycles. The van der Waals surface area contributed by atoms with E-state index >= 15 is 0 Å². The first-order chi connectivity index (χ1) is 9.36. The first-order valence-electron chi connectivity index (χ1n) is 6.48. The van der Waals surface area contributed by atoms with Crippen LogP contribution in [0.2, 0.25) is 0 Å². The van der Waals surface area contributed by atoms with Crippen LogP contribution in [-0.2, 0) is 18.0 Å². The van der Waals surface area contributed by atoms with Crippen molar-refractivity contribution in [2.45, 2.75) is 26.6 Å². The second-order valence-electron chi connectivity index (χ2n) is 4.54. The molecule has 19 heavy (non-hydrogen) atoms. The quantitative estimate of drug-likeness (QED) is 0.910. The Balaban J connectivity index is 1.89. The van der Waals surface area contributed by atoms with E-state index in [0.717, 1.165) is 41.3 Å². The largest absolute Gasteiger partial charge is 0.370 e. The number of hydrogen-bond acceptors (Lipinski definition) is 5. The fourth-order valence-corrected chi connectivity index (χ4v) is 2.06. The van der Waals surface area contributed by atoms with E-state index in [1.807, 2.05) is 12.3 Å². The van der Waals surface area contributed by atoms with Gasteiger partial charge in [0, 0.05) is 29.9 Å². The molecule has 0 aliphatic carbocycles. The maximum Gasteiger partial charge on any atom is 0.129 e. The molecular formula is C14H16N4O. The lowest BCUT2D eigenvalue weighted by Gasteiger charge is -2.06. The highest BCUT2D eigenvalue weighted by Gasteiger charge is 2.14. The van der Waals surface area contributed by atoms with Gasteiger partial charge in [-0.3, -0.25) is 4.98 Å². The van der Waals surface area contributed by atoms with Crippen LogP contribution in [0.3, 0.4) is 0 Å². The van der Waals surface area contributed by atoms with Crippen LogP contribution in [0.4, 0.5) is 5.82 Å². The number of hydrogen-bond donors (Lipinski definition) is 1. The summed E-state index contributed by atoms with van der Waals surface area (Å²) in [5.74, 6) is 0.851. The van der Waals surface area contributed by atoms with Crippen molar-refractivity contribution >= 4 is 5.82 Å². The maximum atomic E-state index is 5.38. The zero-order chi connectivity index (χ0) is 13.1. The minimum Gasteiger partial charge on any atom is -0.370 e. The third kappa shape index (κ3) is 2.56. The van der Waals surface area contributed by atoms with Crippen molar-refractivity contribution in [1.82, 2.24) is 15.0 Å². The molecule has 98 valence electrons. The number of fused-ring (bicyclic) bond motifs is 1. The Hall–Kier alpha value is -2.01. The molecule has 0 unspecified atom stereocenters. The Kier molecular flexibility index (Phi) is 3.37. The summed E-state index contributed by atoms with van der Waals surface area (Å²) in [5, 5.41) is 3.26. The van der Waals surface area contributed by atoms with E-state index in [-0.39, 0.29) is 0 Å². The van der Waals surface area contributed by atoms with Gasteiger partial charge in [-0.2, -0.15) is 0 Å². The van der Waals surface area contributed by atoms with Gasteiger partial charge in [0.15, 0.2) is 0 Å². The van der Waals surface area contributed by atoms with Gasteiger partial charge in [-0.25, -0.2) is 9.97 Å². The molecule has 1 aliphatic rings. The third-order valence-electron chi connectivity index (χ3n) is 3.08. The number of pyridine rings is 1. The van der Waals surface area contributed by atoms with Crippen molar-refractivity contribution in [3.63, 3.8) is 0 Å². The van der Waals surface area contributed by atoms with Gasteiger partial charge in [0.1, 0.15) is 12.1 Å². The zero-order valence-electron chi connectivity index (χ0n) is 10.9. The summed E-state index contributed by atoms with van der Waals surface area (Å²) < 4.78 is 5.38. The molecule has 0 atom stereocenters. The van der Waals surface area contributed by atoms with Crippen LogP contribution in [0, 0.1) is 0 Å². The van der Waals surface area contributed by atoms with Crippen molar-refractivity contribution in [1.29, 1.82) is 0 Å². The van der Waals surface area contributed by atoms with Gasteiger partial charge in [-0.1, -0.05) is 6.92 Å². The first-order valence-corrected chi connectivity index (χ1v) is 6.48. The molecule has 0 saturated carbocycles. The summed E-state index contributed by atoms with van der Waals surface area (Å²) in [6.07, 6.45) is 4.49. The Morgan fingerprint density at radius 2 is 2.16 bits per heavy atom. The molecule has 0 bridgehead atoms. The molecule has 2 aromatic rings. The highest BCUT2D eigenvalue weighted by Crippen LogP contribution is 2.24. The van der Waals surface area contributed by atoms with E-state index in [9.17, 15) is 0 Å². The minimum atomic E-state index is 0.614. The fourth-order valence-electron chi connectivity index (χ4n) is 2.06. The zero-order valence-corrected chi connectivity index (χ0v) is 10.9. The highest BCUT2D eigenvalue weighted by molar-refractivity contribution is 5.62.